The van der Waals surface area contributed by atoms with E-state index >= 15 is 0 Å². The van der Waals surface area contributed by atoms with Crippen molar-refractivity contribution >= 4 is 27.5 Å². The van der Waals surface area contributed by atoms with Crippen molar-refractivity contribution in [3.8, 4) is 11.8 Å². The van der Waals surface area contributed by atoms with E-state index in [1.807, 2.05) is 54.6 Å². The summed E-state index contributed by atoms with van der Waals surface area (Å²) in [6.45, 7) is 0. The van der Waals surface area contributed by atoms with Crippen LogP contribution < -0.4 is 5.32 Å². The SMILES string of the molecule is O=C(Nc1cccc(C#Cc2ccccn2)c1)c1ccc(Br)cc1. The van der Waals surface area contributed by atoms with Gasteiger partial charge in [-0.15, -0.1) is 0 Å². The van der Waals surface area contributed by atoms with Crippen molar-refractivity contribution in [2.24, 2.45) is 0 Å². The highest BCUT2D eigenvalue weighted by atomic mass is 79.9. The number of halogens is 1. The lowest BCUT2D eigenvalue weighted by Gasteiger charge is -2.05. The predicted molar refractivity (Wildman–Crippen MR) is 98.8 cm³/mol. The van der Waals surface area contributed by atoms with Gasteiger partial charge in [-0.3, -0.25) is 4.79 Å². The van der Waals surface area contributed by atoms with Gasteiger partial charge in [-0.25, -0.2) is 4.98 Å². The summed E-state index contributed by atoms with van der Waals surface area (Å²) in [5.41, 5.74) is 2.83. The number of hydrogen-bond donors (Lipinski definition) is 1. The first-order valence-corrected chi connectivity index (χ1v) is 8.10. The number of rotatable bonds is 2. The van der Waals surface area contributed by atoms with Gasteiger partial charge in [0.2, 0.25) is 0 Å². The molecule has 1 amide bonds. The van der Waals surface area contributed by atoms with Gasteiger partial charge >= 0.3 is 0 Å². The zero-order chi connectivity index (χ0) is 16.8. The van der Waals surface area contributed by atoms with Gasteiger partial charge in [-0.05, 0) is 60.5 Å². The summed E-state index contributed by atoms with van der Waals surface area (Å²) in [7, 11) is 0. The minimum absolute atomic E-state index is 0.155. The monoisotopic (exact) mass is 376 g/mol. The van der Waals surface area contributed by atoms with Gasteiger partial charge < -0.3 is 5.32 Å². The highest BCUT2D eigenvalue weighted by molar-refractivity contribution is 9.10. The average molecular weight is 377 g/mol. The van der Waals surface area contributed by atoms with Crippen molar-refractivity contribution in [2.45, 2.75) is 0 Å². The van der Waals surface area contributed by atoms with E-state index in [0.717, 1.165) is 10.0 Å². The molecule has 0 aliphatic heterocycles. The van der Waals surface area contributed by atoms with Gasteiger partial charge in [0.05, 0.1) is 0 Å². The van der Waals surface area contributed by atoms with E-state index in [9.17, 15) is 4.79 Å². The number of hydrogen-bond acceptors (Lipinski definition) is 2. The fourth-order valence-corrected chi connectivity index (χ4v) is 2.32. The van der Waals surface area contributed by atoms with Crippen molar-refractivity contribution in [3.63, 3.8) is 0 Å². The summed E-state index contributed by atoms with van der Waals surface area (Å²) in [6.07, 6.45) is 1.71. The van der Waals surface area contributed by atoms with Gasteiger partial charge in [-0.1, -0.05) is 34.0 Å². The maximum Gasteiger partial charge on any atom is 0.255 e. The van der Waals surface area contributed by atoms with Crippen LogP contribution in [0, 0.1) is 11.8 Å². The Balaban J connectivity index is 1.75. The number of nitrogens with zero attached hydrogens (tertiary/aromatic N) is 1. The van der Waals surface area contributed by atoms with Crippen LogP contribution in [0.15, 0.2) is 77.4 Å². The molecule has 0 fully saturated rings. The van der Waals surface area contributed by atoms with Crippen LogP contribution in [0.25, 0.3) is 0 Å². The Morgan fingerprint density at radius 3 is 2.54 bits per heavy atom. The van der Waals surface area contributed by atoms with Crippen molar-refractivity contribution in [1.29, 1.82) is 0 Å². The Labute approximate surface area is 148 Å². The molecular formula is C20H13BrN2O. The molecule has 24 heavy (non-hydrogen) atoms. The molecule has 0 bridgehead atoms. The second kappa shape index (κ2) is 7.58. The van der Waals surface area contributed by atoms with Crippen molar-refractivity contribution in [3.05, 3.63) is 94.2 Å². The van der Waals surface area contributed by atoms with E-state index in [2.05, 4.69) is 38.1 Å². The summed E-state index contributed by atoms with van der Waals surface area (Å²) in [5, 5.41) is 2.88. The van der Waals surface area contributed by atoms with E-state index in [-0.39, 0.29) is 5.91 Å². The minimum Gasteiger partial charge on any atom is -0.322 e. The highest BCUT2D eigenvalue weighted by Gasteiger charge is 2.05. The van der Waals surface area contributed by atoms with Crippen molar-refractivity contribution in [1.82, 2.24) is 4.98 Å². The fourth-order valence-electron chi connectivity index (χ4n) is 2.05. The quantitative estimate of drug-likeness (QED) is 0.669. The summed E-state index contributed by atoms with van der Waals surface area (Å²) < 4.78 is 0.936. The third-order valence-corrected chi connectivity index (χ3v) is 3.76. The maximum absolute atomic E-state index is 12.2. The number of nitrogens with one attached hydrogen (secondary N) is 1. The van der Waals surface area contributed by atoms with Crippen LogP contribution in [0.2, 0.25) is 0 Å². The number of amides is 1. The molecule has 1 N–H and O–H groups in total. The third-order valence-electron chi connectivity index (χ3n) is 3.23. The van der Waals surface area contributed by atoms with Crippen molar-refractivity contribution in [2.75, 3.05) is 5.32 Å². The molecule has 0 saturated carbocycles. The summed E-state index contributed by atoms with van der Waals surface area (Å²) in [5.74, 6) is 5.90. The number of aromatic nitrogens is 1. The molecule has 116 valence electrons. The zero-order valence-corrected chi connectivity index (χ0v) is 14.2. The number of benzene rings is 2. The molecule has 4 heteroatoms. The smallest absolute Gasteiger partial charge is 0.255 e. The first-order chi connectivity index (χ1) is 11.7. The fraction of sp³-hybridized carbons (Fsp3) is 0. The zero-order valence-electron chi connectivity index (χ0n) is 12.7. The lowest BCUT2D eigenvalue weighted by molar-refractivity contribution is 0.102. The lowest BCUT2D eigenvalue weighted by atomic mass is 10.1. The molecule has 0 aliphatic carbocycles. The topological polar surface area (TPSA) is 42.0 Å². The second-order valence-corrected chi connectivity index (χ2v) is 5.92. The van der Waals surface area contributed by atoms with Crippen LogP contribution in [0.5, 0.6) is 0 Å². The van der Waals surface area contributed by atoms with Crippen LogP contribution in [0.3, 0.4) is 0 Å². The molecule has 0 unspecified atom stereocenters. The molecule has 3 aromatic rings. The molecule has 0 radical (unpaired) electrons. The average Bonchev–Trinajstić information content (AvgIpc) is 2.62. The number of anilines is 1. The highest BCUT2D eigenvalue weighted by Crippen LogP contribution is 2.14. The Morgan fingerprint density at radius 2 is 1.79 bits per heavy atom. The van der Waals surface area contributed by atoms with Gasteiger partial charge in [-0.2, -0.15) is 0 Å². The number of pyridine rings is 1. The molecular weight excluding hydrogens is 364 g/mol. The van der Waals surface area contributed by atoms with Gasteiger partial charge in [0.15, 0.2) is 0 Å². The molecule has 0 spiro atoms. The minimum atomic E-state index is -0.155. The lowest BCUT2D eigenvalue weighted by Crippen LogP contribution is -2.11. The first kappa shape index (κ1) is 16.0. The van der Waals surface area contributed by atoms with Crippen LogP contribution in [0.4, 0.5) is 5.69 Å². The van der Waals surface area contributed by atoms with Crippen LogP contribution in [-0.2, 0) is 0 Å². The van der Waals surface area contributed by atoms with Crippen LogP contribution >= 0.6 is 15.9 Å². The Kier molecular flexibility index (Phi) is 5.05. The third kappa shape index (κ3) is 4.31. The maximum atomic E-state index is 12.2. The molecule has 3 rings (SSSR count). The van der Waals surface area contributed by atoms with E-state index in [1.165, 1.54) is 0 Å². The molecule has 0 aliphatic rings. The number of carbonyl (C=O) groups excluding carboxylic acids is 1. The molecule has 0 atom stereocenters. The van der Waals surface area contributed by atoms with Gasteiger partial charge in [0.1, 0.15) is 5.69 Å². The summed E-state index contributed by atoms with van der Waals surface area (Å²) in [6, 6.07) is 20.2. The Morgan fingerprint density at radius 1 is 0.958 bits per heavy atom. The largest absolute Gasteiger partial charge is 0.322 e. The van der Waals surface area contributed by atoms with Gasteiger partial charge in [0.25, 0.3) is 5.91 Å². The normalized spacial score (nSPS) is 9.71. The summed E-state index contributed by atoms with van der Waals surface area (Å²) in [4.78, 5) is 16.4. The Hall–Kier alpha value is -2.90. The van der Waals surface area contributed by atoms with Crippen LogP contribution in [0.1, 0.15) is 21.6 Å². The molecule has 1 heterocycles. The first-order valence-electron chi connectivity index (χ1n) is 7.31. The van der Waals surface area contributed by atoms with Crippen LogP contribution in [-0.4, -0.2) is 10.9 Å². The standard InChI is InChI=1S/C20H13BrN2O/c21-17-10-8-16(9-11-17)20(24)23-19-6-3-4-15(14-19)7-12-18-5-1-2-13-22-18/h1-6,8-11,13-14H,(H,23,24). The van der Waals surface area contributed by atoms with E-state index in [0.29, 0.717) is 16.9 Å². The molecule has 2 aromatic carbocycles. The van der Waals surface area contributed by atoms with Crippen molar-refractivity contribution < 1.29 is 4.79 Å². The van der Waals surface area contributed by atoms with E-state index in [4.69, 9.17) is 0 Å². The van der Waals surface area contributed by atoms with E-state index < -0.39 is 0 Å². The molecule has 0 saturated heterocycles. The van der Waals surface area contributed by atoms with Gasteiger partial charge in [0, 0.05) is 27.5 Å². The summed E-state index contributed by atoms with van der Waals surface area (Å²) >= 11 is 3.36. The molecule has 1 aromatic heterocycles. The predicted octanol–water partition coefficient (Wildman–Crippen LogP) is 4.50. The number of carbonyl (C=O) groups is 1. The molecule has 3 nitrogen and oxygen atoms in total. The van der Waals surface area contributed by atoms with E-state index in [1.54, 1.807) is 18.3 Å². The second-order valence-electron chi connectivity index (χ2n) is 5.01. The Bertz CT molecular complexity index is 910.